The molecule has 114 valence electrons. The molecule has 20 heavy (non-hydrogen) atoms. The Hall–Kier alpha value is -0.870. The van der Waals surface area contributed by atoms with Gasteiger partial charge < -0.3 is 5.32 Å². The first-order chi connectivity index (χ1) is 9.41. The van der Waals surface area contributed by atoms with Crippen molar-refractivity contribution >= 4 is 0 Å². The van der Waals surface area contributed by atoms with Crippen molar-refractivity contribution in [3.05, 3.63) is 18.0 Å². The van der Waals surface area contributed by atoms with Gasteiger partial charge in [-0.15, -0.1) is 0 Å². The van der Waals surface area contributed by atoms with Crippen LogP contribution < -0.4 is 5.32 Å². The molecule has 0 radical (unpaired) electrons. The molecule has 0 amide bonds. The van der Waals surface area contributed by atoms with Crippen LogP contribution in [0.4, 0.5) is 0 Å². The number of hydrogen-bond donors (Lipinski definition) is 1. The molecule has 4 heteroatoms. The molecule has 1 fully saturated rings. The average Bonchev–Trinajstić information content (AvgIpc) is 2.86. The summed E-state index contributed by atoms with van der Waals surface area (Å²) in [5, 5.41) is 8.27. The van der Waals surface area contributed by atoms with Crippen molar-refractivity contribution in [1.82, 2.24) is 20.0 Å². The van der Waals surface area contributed by atoms with E-state index < -0.39 is 0 Å². The van der Waals surface area contributed by atoms with Crippen molar-refractivity contribution < 1.29 is 0 Å². The predicted octanol–water partition coefficient (Wildman–Crippen LogP) is 2.67. The van der Waals surface area contributed by atoms with Gasteiger partial charge in [-0.1, -0.05) is 27.7 Å². The van der Waals surface area contributed by atoms with E-state index in [4.69, 9.17) is 5.10 Å². The van der Waals surface area contributed by atoms with Gasteiger partial charge in [0, 0.05) is 44.5 Å². The highest BCUT2D eigenvalue weighted by Crippen LogP contribution is 2.26. The van der Waals surface area contributed by atoms with Crippen LogP contribution in [0.15, 0.2) is 12.3 Å². The molecule has 2 unspecified atom stereocenters. The van der Waals surface area contributed by atoms with Crippen LogP contribution in [0.3, 0.4) is 0 Å². The molecule has 1 N–H and O–H groups in total. The summed E-state index contributed by atoms with van der Waals surface area (Å²) in [4.78, 5) is 2.58. The van der Waals surface area contributed by atoms with Crippen LogP contribution in [-0.2, 0) is 6.54 Å². The molecule has 4 nitrogen and oxygen atoms in total. The Morgan fingerprint density at radius 1 is 1.45 bits per heavy atom. The number of piperazine rings is 1. The van der Waals surface area contributed by atoms with Gasteiger partial charge in [-0.2, -0.15) is 5.10 Å². The summed E-state index contributed by atoms with van der Waals surface area (Å²) in [6, 6.07) is 3.24. The molecule has 2 heterocycles. The lowest BCUT2D eigenvalue weighted by molar-refractivity contribution is 0.0676. The van der Waals surface area contributed by atoms with Gasteiger partial charge in [0.05, 0.1) is 5.69 Å². The Bertz CT molecular complexity index is 418. The van der Waals surface area contributed by atoms with Crippen molar-refractivity contribution in [3.63, 3.8) is 0 Å². The molecular weight excluding hydrogens is 248 g/mol. The lowest BCUT2D eigenvalue weighted by Gasteiger charge is -2.43. The first-order valence-corrected chi connectivity index (χ1v) is 7.90. The Kier molecular flexibility index (Phi) is 4.86. The van der Waals surface area contributed by atoms with Gasteiger partial charge in [0.1, 0.15) is 0 Å². The predicted molar refractivity (Wildman–Crippen MR) is 83.8 cm³/mol. The molecular formula is C16H30N4. The third kappa shape index (κ3) is 3.61. The minimum absolute atomic E-state index is 0.298. The van der Waals surface area contributed by atoms with Crippen LogP contribution >= 0.6 is 0 Å². The Balaban J connectivity index is 2.05. The first kappa shape index (κ1) is 15.5. The molecule has 0 aromatic carbocycles. The van der Waals surface area contributed by atoms with Gasteiger partial charge in [-0.25, -0.2) is 0 Å². The summed E-state index contributed by atoms with van der Waals surface area (Å²) >= 11 is 0. The average molecular weight is 278 g/mol. The maximum absolute atomic E-state index is 4.75. The summed E-state index contributed by atoms with van der Waals surface area (Å²) in [7, 11) is 0. The SMILES string of the molecule is CCC(C)n1ccc(CN2CCNCC2C(C)(C)C)n1. The molecule has 2 atom stereocenters. The van der Waals surface area contributed by atoms with Crippen LogP contribution in [0.5, 0.6) is 0 Å². The van der Waals surface area contributed by atoms with E-state index in [1.807, 2.05) is 0 Å². The van der Waals surface area contributed by atoms with Gasteiger partial charge >= 0.3 is 0 Å². The topological polar surface area (TPSA) is 33.1 Å². The monoisotopic (exact) mass is 278 g/mol. The summed E-state index contributed by atoms with van der Waals surface area (Å²) in [6.45, 7) is 15.6. The second-order valence-corrected chi connectivity index (χ2v) is 7.10. The normalized spacial score (nSPS) is 22.9. The minimum Gasteiger partial charge on any atom is -0.314 e. The van der Waals surface area contributed by atoms with E-state index in [-0.39, 0.29) is 0 Å². The molecule has 0 bridgehead atoms. The second-order valence-electron chi connectivity index (χ2n) is 7.10. The standard InChI is InChI=1S/C16H30N4/c1-6-13(2)20-9-7-14(18-20)12-19-10-8-17-11-15(19)16(3,4)5/h7,9,13,15,17H,6,8,10-12H2,1-5H3. The zero-order valence-electron chi connectivity index (χ0n) is 13.7. The van der Waals surface area contributed by atoms with Gasteiger partial charge in [-0.05, 0) is 24.8 Å². The third-order valence-corrected chi connectivity index (χ3v) is 4.43. The van der Waals surface area contributed by atoms with Gasteiger partial charge in [0.25, 0.3) is 0 Å². The van der Waals surface area contributed by atoms with Crippen LogP contribution in [-0.4, -0.2) is 40.4 Å². The Labute approximate surface area is 123 Å². The molecule has 0 saturated carbocycles. The highest BCUT2D eigenvalue weighted by atomic mass is 15.3. The zero-order valence-corrected chi connectivity index (χ0v) is 13.7. The smallest absolute Gasteiger partial charge is 0.0765 e. The van der Waals surface area contributed by atoms with E-state index in [9.17, 15) is 0 Å². The van der Waals surface area contributed by atoms with Crippen LogP contribution in [0, 0.1) is 5.41 Å². The van der Waals surface area contributed by atoms with Gasteiger partial charge in [0.15, 0.2) is 0 Å². The van der Waals surface area contributed by atoms with Crippen molar-refractivity contribution in [2.24, 2.45) is 5.41 Å². The Morgan fingerprint density at radius 3 is 2.85 bits per heavy atom. The third-order valence-electron chi connectivity index (χ3n) is 4.43. The maximum atomic E-state index is 4.75. The van der Waals surface area contributed by atoms with Crippen LogP contribution in [0.2, 0.25) is 0 Å². The van der Waals surface area contributed by atoms with E-state index >= 15 is 0 Å². The molecule has 1 aliphatic rings. The molecule has 0 aliphatic carbocycles. The molecule has 0 spiro atoms. The van der Waals surface area contributed by atoms with E-state index in [1.54, 1.807) is 0 Å². The molecule has 1 aliphatic heterocycles. The number of rotatable bonds is 4. The van der Waals surface area contributed by atoms with Crippen molar-refractivity contribution in [1.29, 1.82) is 0 Å². The van der Waals surface area contributed by atoms with Crippen LogP contribution in [0.1, 0.15) is 52.8 Å². The first-order valence-electron chi connectivity index (χ1n) is 7.90. The van der Waals surface area contributed by atoms with Crippen LogP contribution in [0.25, 0.3) is 0 Å². The molecule has 2 rings (SSSR count). The lowest BCUT2D eigenvalue weighted by atomic mass is 9.84. The Morgan fingerprint density at radius 2 is 2.20 bits per heavy atom. The van der Waals surface area contributed by atoms with Crippen molar-refractivity contribution in [2.75, 3.05) is 19.6 Å². The fourth-order valence-electron chi connectivity index (χ4n) is 2.89. The molecule has 1 saturated heterocycles. The zero-order chi connectivity index (χ0) is 14.8. The highest BCUT2D eigenvalue weighted by molar-refractivity contribution is 5.02. The number of aromatic nitrogens is 2. The molecule has 1 aromatic heterocycles. The van der Waals surface area contributed by atoms with Crippen molar-refractivity contribution in [3.8, 4) is 0 Å². The summed E-state index contributed by atoms with van der Waals surface area (Å²) in [5.74, 6) is 0. The maximum Gasteiger partial charge on any atom is 0.0765 e. The fraction of sp³-hybridized carbons (Fsp3) is 0.812. The summed E-state index contributed by atoms with van der Waals surface area (Å²) in [6.07, 6.45) is 3.25. The van der Waals surface area contributed by atoms with Gasteiger partial charge in [0.2, 0.25) is 0 Å². The van der Waals surface area contributed by atoms with Crippen molar-refractivity contribution in [2.45, 2.75) is 59.7 Å². The fourth-order valence-corrected chi connectivity index (χ4v) is 2.89. The summed E-state index contributed by atoms with van der Waals surface area (Å²) < 4.78 is 2.10. The summed E-state index contributed by atoms with van der Waals surface area (Å²) in [5.41, 5.74) is 1.49. The number of nitrogens with zero attached hydrogens (tertiary/aromatic N) is 3. The van der Waals surface area contributed by atoms with E-state index in [0.29, 0.717) is 17.5 Å². The molecule has 1 aromatic rings. The van der Waals surface area contributed by atoms with E-state index in [2.05, 4.69) is 61.8 Å². The quantitative estimate of drug-likeness (QED) is 0.919. The minimum atomic E-state index is 0.298. The van der Waals surface area contributed by atoms with E-state index in [0.717, 1.165) is 32.6 Å². The van der Waals surface area contributed by atoms with E-state index in [1.165, 1.54) is 5.69 Å². The number of nitrogens with one attached hydrogen (secondary N) is 1. The number of hydrogen-bond acceptors (Lipinski definition) is 3. The highest BCUT2D eigenvalue weighted by Gasteiger charge is 2.32. The lowest BCUT2D eigenvalue weighted by Crippen LogP contribution is -2.56. The second kappa shape index (κ2) is 6.27. The van der Waals surface area contributed by atoms with Gasteiger partial charge in [-0.3, -0.25) is 9.58 Å². The largest absolute Gasteiger partial charge is 0.314 e.